The Morgan fingerprint density at radius 1 is 1.15 bits per heavy atom. The van der Waals surface area contributed by atoms with Gasteiger partial charge in [0.1, 0.15) is 5.75 Å². The van der Waals surface area contributed by atoms with E-state index in [2.05, 4.69) is 10.6 Å². The van der Waals surface area contributed by atoms with Crippen LogP contribution in [0.2, 0.25) is 0 Å². The van der Waals surface area contributed by atoms with Crippen LogP contribution in [0.25, 0.3) is 0 Å². The lowest BCUT2D eigenvalue weighted by molar-refractivity contribution is -0.134. The van der Waals surface area contributed by atoms with Crippen molar-refractivity contribution in [1.82, 2.24) is 9.62 Å². The van der Waals surface area contributed by atoms with Gasteiger partial charge in [-0.15, -0.1) is 0 Å². The number of carbonyl (C=O) groups excluding carboxylic acids is 2. The maximum Gasteiger partial charge on any atom is 0.243 e. The minimum atomic E-state index is -3.73. The molecular weight excluding hydrogens is 446 g/mol. The molecule has 2 saturated carbocycles. The van der Waals surface area contributed by atoms with Crippen molar-refractivity contribution in [3.8, 4) is 5.75 Å². The SMILES string of the molecule is COc1ccc(S(=O)(=O)N2CCOCC2)cc1NC(=O)C1(CC(=O)NC2CC2)CCCCC1. The van der Waals surface area contributed by atoms with E-state index in [0.717, 1.165) is 32.1 Å². The molecule has 33 heavy (non-hydrogen) atoms. The van der Waals surface area contributed by atoms with Crippen LogP contribution < -0.4 is 15.4 Å². The first-order valence-electron chi connectivity index (χ1n) is 11.7. The second-order valence-corrected chi connectivity index (χ2v) is 11.1. The second kappa shape index (κ2) is 9.99. The molecule has 1 saturated heterocycles. The van der Waals surface area contributed by atoms with Gasteiger partial charge in [-0.2, -0.15) is 4.31 Å². The van der Waals surface area contributed by atoms with Crippen molar-refractivity contribution in [2.24, 2.45) is 5.41 Å². The van der Waals surface area contributed by atoms with Gasteiger partial charge >= 0.3 is 0 Å². The first kappa shape index (κ1) is 24.0. The molecule has 3 aliphatic rings. The average Bonchev–Trinajstić information content (AvgIpc) is 3.64. The Kier molecular flexibility index (Phi) is 7.25. The van der Waals surface area contributed by atoms with Gasteiger partial charge in [-0.25, -0.2) is 8.42 Å². The van der Waals surface area contributed by atoms with Crippen LogP contribution in [0.4, 0.5) is 5.69 Å². The minimum Gasteiger partial charge on any atom is -0.495 e. The average molecular weight is 480 g/mol. The molecule has 3 fully saturated rings. The Balaban J connectivity index is 1.57. The van der Waals surface area contributed by atoms with E-state index in [1.807, 2.05) is 0 Å². The van der Waals surface area contributed by atoms with Crippen molar-refractivity contribution in [1.29, 1.82) is 0 Å². The van der Waals surface area contributed by atoms with Gasteiger partial charge in [0.2, 0.25) is 21.8 Å². The fourth-order valence-electron chi connectivity index (χ4n) is 4.66. The number of hydrogen-bond donors (Lipinski definition) is 2. The molecular formula is C23H33N3O6S. The largest absolute Gasteiger partial charge is 0.495 e. The molecule has 4 rings (SSSR count). The van der Waals surface area contributed by atoms with Crippen LogP contribution in [0.5, 0.6) is 5.75 Å². The van der Waals surface area contributed by atoms with E-state index in [4.69, 9.17) is 9.47 Å². The van der Waals surface area contributed by atoms with Gasteiger partial charge < -0.3 is 20.1 Å². The van der Waals surface area contributed by atoms with Crippen LogP contribution in [0.1, 0.15) is 51.4 Å². The van der Waals surface area contributed by atoms with Gasteiger partial charge in [0, 0.05) is 25.6 Å². The Morgan fingerprint density at radius 2 is 1.85 bits per heavy atom. The Bertz CT molecular complexity index is 980. The van der Waals surface area contributed by atoms with Crippen molar-refractivity contribution < 1.29 is 27.5 Å². The monoisotopic (exact) mass is 479 g/mol. The molecule has 0 radical (unpaired) electrons. The standard InChI is InChI=1S/C23H33N3O6S/c1-31-20-8-7-18(33(29,30)26-11-13-32-14-12-26)15-19(20)25-22(28)23(9-3-2-4-10-23)16-21(27)24-17-5-6-17/h7-8,15,17H,2-6,9-14,16H2,1H3,(H,24,27)(H,25,28). The first-order valence-corrected chi connectivity index (χ1v) is 13.1. The number of sulfonamides is 1. The van der Waals surface area contributed by atoms with Gasteiger partial charge in [0.05, 0.1) is 36.3 Å². The molecule has 1 heterocycles. The number of ether oxygens (including phenoxy) is 2. The number of benzene rings is 1. The van der Waals surface area contributed by atoms with Crippen molar-refractivity contribution in [3.63, 3.8) is 0 Å². The van der Waals surface area contributed by atoms with E-state index < -0.39 is 15.4 Å². The van der Waals surface area contributed by atoms with Gasteiger partial charge in [0.15, 0.2) is 0 Å². The summed E-state index contributed by atoms with van der Waals surface area (Å²) < 4.78 is 38.3. The van der Waals surface area contributed by atoms with Crippen molar-refractivity contribution in [2.75, 3.05) is 38.7 Å². The number of carbonyl (C=O) groups is 2. The highest BCUT2D eigenvalue weighted by atomic mass is 32.2. The second-order valence-electron chi connectivity index (χ2n) is 9.19. The summed E-state index contributed by atoms with van der Waals surface area (Å²) in [6.45, 7) is 1.28. The third-order valence-electron chi connectivity index (χ3n) is 6.76. The number of nitrogens with one attached hydrogen (secondary N) is 2. The predicted molar refractivity (Wildman–Crippen MR) is 123 cm³/mol. The number of morpholine rings is 1. The summed E-state index contributed by atoms with van der Waals surface area (Å²) in [6.07, 6.45) is 6.19. The number of rotatable bonds is 8. The fourth-order valence-corrected chi connectivity index (χ4v) is 6.10. The summed E-state index contributed by atoms with van der Waals surface area (Å²) in [6, 6.07) is 4.72. The summed E-state index contributed by atoms with van der Waals surface area (Å²) >= 11 is 0. The van der Waals surface area contributed by atoms with Crippen LogP contribution in [0.3, 0.4) is 0 Å². The van der Waals surface area contributed by atoms with Crippen LogP contribution in [-0.4, -0.2) is 64.0 Å². The Labute approximate surface area is 195 Å². The zero-order valence-corrected chi connectivity index (χ0v) is 19.9. The molecule has 9 nitrogen and oxygen atoms in total. The molecule has 1 aromatic carbocycles. The van der Waals surface area contributed by atoms with Gasteiger partial charge in [-0.05, 0) is 43.9 Å². The number of anilines is 1. The van der Waals surface area contributed by atoms with Crippen molar-refractivity contribution in [2.45, 2.75) is 62.3 Å². The molecule has 0 aromatic heterocycles. The minimum absolute atomic E-state index is 0.0877. The molecule has 1 aromatic rings. The van der Waals surface area contributed by atoms with E-state index in [9.17, 15) is 18.0 Å². The summed E-state index contributed by atoms with van der Waals surface area (Å²) in [5.41, 5.74) is -0.509. The molecule has 2 N–H and O–H groups in total. The summed E-state index contributed by atoms with van der Waals surface area (Å²) in [7, 11) is -2.26. The Hall–Kier alpha value is -2.17. The molecule has 2 aliphatic carbocycles. The smallest absolute Gasteiger partial charge is 0.243 e. The van der Waals surface area contributed by atoms with E-state index in [1.165, 1.54) is 23.5 Å². The fraction of sp³-hybridized carbons (Fsp3) is 0.652. The van der Waals surface area contributed by atoms with Crippen molar-refractivity contribution in [3.05, 3.63) is 18.2 Å². The molecule has 10 heteroatoms. The molecule has 1 aliphatic heterocycles. The number of nitrogens with zero attached hydrogens (tertiary/aromatic N) is 1. The molecule has 0 bridgehead atoms. The number of methoxy groups -OCH3 is 1. The van der Waals surface area contributed by atoms with Crippen LogP contribution in [0, 0.1) is 5.41 Å². The summed E-state index contributed by atoms with van der Waals surface area (Å²) in [5.74, 6) is 0.0233. The van der Waals surface area contributed by atoms with Gasteiger partial charge in [-0.1, -0.05) is 19.3 Å². The Morgan fingerprint density at radius 3 is 2.48 bits per heavy atom. The van der Waals surface area contributed by atoms with Crippen LogP contribution in [-0.2, 0) is 24.3 Å². The maximum atomic E-state index is 13.5. The van der Waals surface area contributed by atoms with E-state index in [-0.39, 0.29) is 42.3 Å². The lowest BCUT2D eigenvalue weighted by atomic mass is 9.70. The van der Waals surface area contributed by atoms with E-state index >= 15 is 0 Å². The van der Waals surface area contributed by atoms with E-state index in [0.29, 0.717) is 37.5 Å². The van der Waals surface area contributed by atoms with Crippen LogP contribution in [0.15, 0.2) is 23.1 Å². The molecule has 0 spiro atoms. The molecule has 182 valence electrons. The predicted octanol–water partition coefficient (Wildman–Crippen LogP) is 2.27. The summed E-state index contributed by atoms with van der Waals surface area (Å²) in [4.78, 5) is 26.2. The molecule has 2 amide bonds. The van der Waals surface area contributed by atoms with Gasteiger partial charge in [-0.3, -0.25) is 9.59 Å². The topological polar surface area (TPSA) is 114 Å². The highest BCUT2D eigenvalue weighted by Gasteiger charge is 2.42. The zero-order chi connectivity index (χ0) is 23.5. The third kappa shape index (κ3) is 5.50. The number of amides is 2. The lowest BCUT2D eigenvalue weighted by Crippen LogP contribution is -2.43. The highest BCUT2D eigenvalue weighted by Crippen LogP contribution is 2.41. The third-order valence-corrected chi connectivity index (χ3v) is 8.66. The molecule has 0 unspecified atom stereocenters. The summed E-state index contributed by atoms with van der Waals surface area (Å²) in [5, 5.41) is 5.90. The molecule has 0 atom stereocenters. The first-order chi connectivity index (χ1) is 15.8. The maximum absolute atomic E-state index is 13.5. The van der Waals surface area contributed by atoms with E-state index in [1.54, 1.807) is 6.07 Å². The quantitative estimate of drug-likeness (QED) is 0.591. The van der Waals surface area contributed by atoms with Crippen molar-refractivity contribution >= 4 is 27.5 Å². The number of hydrogen-bond acceptors (Lipinski definition) is 6. The lowest BCUT2D eigenvalue weighted by Gasteiger charge is -2.35. The van der Waals surface area contributed by atoms with Crippen LogP contribution >= 0.6 is 0 Å². The zero-order valence-electron chi connectivity index (χ0n) is 19.1. The highest BCUT2D eigenvalue weighted by molar-refractivity contribution is 7.89. The van der Waals surface area contributed by atoms with Gasteiger partial charge in [0.25, 0.3) is 0 Å². The normalized spacial score (nSPS) is 21.2.